The maximum Gasteiger partial charge on any atom is 0.379 e. The quantitative estimate of drug-likeness (QED) is 0.673. The molecule has 1 aromatic carbocycles. The van der Waals surface area contributed by atoms with Gasteiger partial charge in [-0.1, -0.05) is 6.07 Å². The predicted octanol–water partition coefficient (Wildman–Crippen LogP) is 2.04. The van der Waals surface area contributed by atoms with Crippen molar-refractivity contribution in [3.63, 3.8) is 0 Å². The van der Waals surface area contributed by atoms with Crippen molar-refractivity contribution >= 4 is 17.5 Å². The van der Waals surface area contributed by atoms with E-state index in [1.165, 1.54) is 7.11 Å². The molecule has 0 radical (unpaired) electrons. The molecule has 0 amide bonds. The van der Waals surface area contributed by atoms with Gasteiger partial charge >= 0.3 is 5.97 Å². The summed E-state index contributed by atoms with van der Waals surface area (Å²) in [4.78, 5) is 23.4. The van der Waals surface area contributed by atoms with Crippen molar-refractivity contribution in [1.29, 1.82) is 0 Å². The molecule has 0 fully saturated rings. The first-order chi connectivity index (χ1) is 9.58. The number of aliphatic hydroxyl groups excluding tert-OH is 1. The lowest BCUT2D eigenvalue weighted by molar-refractivity contribution is -0.151. The lowest BCUT2D eigenvalue weighted by atomic mass is 9.88. The van der Waals surface area contributed by atoms with Crippen molar-refractivity contribution in [3.8, 4) is 5.75 Å². The maximum absolute atomic E-state index is 11.9. The van der Waals surface area contributed by atoms with Gasteiger partial charge < -0.3 is 14.6 Å². The predicted molar refractivity (Wildman–Crippen MR) is 72.5 cm³/mol. The molecule has 0 heterocycles. The minimum Gasteiger partial charge on any atom is -0.507 e. The number of rotatable bonds is 4. The molecule has 0 atom stereocenters. The summed E-state index contributed by atoms with van der Waals surface area (Å²) in [6.45, 7) is 1.75. The monoisotopic (exact) mass is 276 g/mol. The van der Waals surface area contributed by atoms with Crippen LogP contribution in [0.15, 0.2) is 23.8 Å². The standard InChI is InChI=1S/C15H16O5/c1-3-20-15(18)14(17)11-7-5-9-4-6-10(19-2)8-12(9)13(11)16/h4,6,8,16H,3,5,7H2,1-2H3. The van der Waals surface area contributed by atoms with Crippen LogP contribution in [-0.4, -0.2) is 30.6 Å². The van der Waals surface area contributed by atoms with Crippen molar-refractivity contribution < 1.29 is 24.2 Å². The van der Waals surface area contributed by atoms with Crippen LogP contribution < -0.4 is 4.74 Å². The van der Waals surface area contributed by atoms with Crippen LogP contribution in [0.25, 0.3) is 5.76 Å². The van der Waals surface area contributed by atoms with Crippen molar-refractivity contribution in [2.24, 2.45) is 0 Å². The number of fused-ring (bicyclic) bond motifs is 1. The molecular weight excluding hydrogens is 260 g/mol. The van der Waals surface area contributed by atoms with Crippen molar-refractivity contribution in [2.45, 2.75) is 19.8 Å². The molecule has 0 saturated carbocycles. The Bertz CT molecular complexity index is 586. The summed E-state index contributed by atoms with van der Waals surface area (Å²) < 4.78 is 9.78. The van der Waals surface area contributed by atoms with E-state index < -0.39 is 11.8 Å². The van der Waals surface area contributed by atoms with Crippen LogP contribution in [0.3, 0.4) is 0 Å². The van der Waals surface area contributed by atoms with Crippen LogP contribution in [0.5, 0.6) is 5.75 Å². The number of aliphatic hydroxyl groups is 1. The molecule has 5 heteroatoms. The van der Waals surface area contributed by atoms with Gasteiger partial charge in [0.1, 0.15) is 11.5 Å². The van der Waals surface area contributed by atoms with Crippen molar-refractivity contribution in [3.05, 3.63) is 34.9 Å². The molecule has 2 rings (SSSR count). The smallest absolute Gasteiger partial charge is 0.379 e. The fraction of sp³-hybridized carbons (Fsp3) is 0.333. The highest BCUT2D eigenvalue weighted by Crippen LogP contribution is 2.32. The van der Waals surface area contributed by atoms with E-state index in [2.05, 4.69) is 4.74 Å². The minimum atomic E-state index is -0.930. The SMILES string of the molecule is CCOC(=O)C(=O)C1=C(O)c2cc(OC)ccc2CC1. The van der Waals surface area contributed by atoms with Gasteiger partial charge in [-0.05, 0) is 37.5 Å². The summed E-state index contributed by atoms with van der Waals surface area (Å²) in [6, 6.07) is 5.29. The average molecular weight is 276 g/mol. The summed E-state index contributed by atoms with van der Waals surface area (Å²) in [5.41, 5.74) is 1.55. The third-order valence-electron chi connectivity index (χ3n) is 3.24. The van der Waals surface area contributed by atoms with Crippen LogP contribution in [0.4, 0.5) is 0 Å². The van der Waals surface area contributed by atoms with Gasteiger partial charge in [-0.25, -0.2) is 4.79 Å². The van der Waals surface area contributed by atoms with Gasteiger partial charge in [0.15, 0.2) is 0 Å². The summed E-state index contributed by atoms with van der Waals surface area (Å²) in [5.74, 6) is -1.29. The van der Waals surface area contributed by atoms with E-state index >= 15 is 0 Å². The number of carbonyl (C=O) groups is 2. The topological polar surface area (TPSA) is 72.8 Å². The van der Waals surface area contributed by atoms with Gasteiger partial charge in [-0.15, -0.1) is 0 Å². The summed E-state index contributed by atoms with van der Waals surface area (Å²) in [5, 5.41) is 10.2. The fourth-order valence-corrected chi connectivity index (χ4v) is 2.20. The third kappa shape index (κ3) is 2.52. The molecule has 5 nitrogen and oxygen atoms in total. The third-order valence-corrected chi connectivity index (χ3v) is 3.24. The van der Waals surface area contributed by atoms with E-state index in [9.17, 15) is 14.7 Å². The zero-order valence-electron chi connectivity index (χ0n) is 11.4. The Kier molecular flexibility index (Phi) is 4.08. The second-order valence-corrected chi connectivity index (χ2v) is 4.40. The fourth-order valence-electron chi connectivity index (χ4n) is 2.20. The van der Waals surface area contributed by atoms with E-state index in [0.29, 0.717) is 24.2 Å². The van der Waals surface area contributed by atoms with Crippen LogP contribution >= 0.6 is 0 Å². The van der Waals surface area contributed by atoms with Crippen molar-refractivity contribution in [2.75, 3.05) is 13.7 Å². The summed E-state index contributed by atoms with van der Waals surface area (Å²) in [6.07, 6.45) is 0.909. The number of hydrogen-bond acceptors (Lipinski definition) is 5. The molecule has 20 heavy (non-hydrogen) atoms. The molecule has 106 valence electrons. The lowest BCUT2D eigenvalue weighted by Gasteiger charge is -2.19. The molecule has 0 aliphatic heterocycles. The van der Waals surface area contributed by atoms with Gasteiger partial charge in [0.2, 0.25) is 0 Å². The first-order valence-corrected chi connectivity index (χ1v) is 6.39. The Morgan fingerprint density at radius 2 is 2.05 bits per heavy atom. The number of carbonyl (C=O) groups excluding carboxylic acids is 2. The normalized spacial score (nSPS) is 13.7. The number of ether oxygens (including phenoxy) is 2. The Balaban J connectivity index is 2.40. The largest absolute Gasteiger partial charge is 0.507 e. The molecule has 1 aliphatic carbocycles. The summed E-state index contributed by atoms with van der Waals surface area (Å²) >= 11 is 0. The minimum absolute atomic E-state index is 0.101. The number of methoxy groups -OCH3 is 1. The molecule has 0 unspecified atom stereocenters. The Morgan fingerprint density at radius 3 is 2.70 bits per heavy atom. The molecule has 0 saturated heterocycles. The van der Waals surface area contributed by atoms with E-state index in [1.807, 2.05) is 6.07 Å². The van der Waals surface area contributed by atoms with Crippen molar-refractivity contribution in [1.82, 2.24) is 0 Å². The molecule has 0 spiro atoms. The van der Waals surface area contributed by atoms with Crippen LogP contribution in [0, 0.1) is 0 Å². The highest BCUT2D eigenvalue weighted by atomic mass is 16.5. The Morgan fingerprint density at radius 1 is 1.30 bits per heavy atom. The number of aryl methyl sites for hydroxylation is 1. The number of esters is 1. The zero-order valence-corrected chi connectivity index (χ0v) is 11.4. The first kappa shape index (κ1) is 14.1. The van der Waals surface area contributed by atoms with Crippen LogP contribution in [0.2, 0.25) is 0 Å². The Labute approximate surface area is 116 Å². The lowest BCUT2D eigenvalue weighted by Crippen LogP contribution is -2.22. The van der Waals surface area contributed by atoms with E-state index in [-0.39, 0.29) is 17.9 Å². The maximum atomic E-state index is 11.9. The molecule has 0 aromatic heterocycles. The molecular formula is C15H16O5. The van der Waals surface area contributed by atoms with Gasteiger partial charge in [-0.3, -0.25) is 4.79 Å². The number of Topliss-reactive ketones (excluding diaryl/α,β-unsaturated/α-hetero) is 1. The van der Waals surface area contributed by atoms with Crippen LogP contribution in [-0.2, 0) is 20.7 Å². The van der Waals surface area contributed by atoms with Gasteiger partial charge in [0, 0.05) is 11.1 Å². The van der Waals surface area contributed by atoms with E-state index in [4.69, 9.17) is 4.74 Å². The highest BCUT2D eigenvalue weighted by Gasteiger charge is 2.28. The van der Waals surface area contributed by atoms with E-state index in [0.717, 1.165) is 5.56 Å². The van der Waals surface area contributed by atoms with E-state index in [1.54, 1.807) is 19.1 Å². The highest BCUT2D eigenvalue weighted by molar-refractivity contribution is 6.41. The van der Waals surface area contributed by atoms with Gasteiger partial charge in [0.25, 0.3) is 5.78 Å². The second kappa shape index (κ2) is 5.77. The average Bonchev–Trinajstić information content (AvgIpc) is 2.47. The number of ketones is 1. The molecule has 1 aliphatic rings. The molecule has 1 N–H and O–H groups in total. The number of benzene rings is 1. The zero-order chi connectivity index (χ0) is 14.7. The van der Waals surface area contributed by atoms with Crippen LogP contribution in [0.1, 0.15) is 24.5 Å². The summed E-state index contributed by atoms with van der Waals surface area (Å²) in [7, 11) is 1.52. The molecule has 0 bridgehead atoms. The Hall–Kier alpha value is -2.30. The molecule has 1 aromatic rings. The van der Waals surface area contributed by atoms with Gasteiger partial charge in [0.05, 0.1) is 13.7 Å². The van der Waals surface area contributed by atoms with Gasteiger partial charge in [-0.2, -0.15) is 0 Å². The first-order valence-electron chi connectivity index (χ1n) is 6.39. The second-order valence-electron chi connectivity index (χ2n) is 4.40. The number of hydrogen-bond donors (Lipinski definition) is 1.